The minimum absolute atomic E-state index is 0.0712. The Labute approximate surface area is 237 Å². The summed E-state index contributed by atoms with van der Waals surface area (Å²) in [4.78, 5) is 47.6. The van der Waals surface area contributed by atoms with Crippen LogP contribution in [0.15, 0.2) is 49.6 Å². The minimum atomic E-state index is -1.09. The second-order valence-electron chi connectivity index (χ2n) is 11.1. The first-order valence-electron chi connectivity index (χ1n) is 14.3. The molecule has 5 atom stereocenters. The van der Waals surface area contributed by atoms with Crippen LogP contribution in [0.1, 0.15) is 45.4 Å². The molecule has 0 aromatic heterocycles. The zero-order valence-electron chi connectivity index (χ0n) is 24.0. The lowest BCUT2D eigenvalue weighted by Crippen LogP contribution is -2.56. The van der Waals surface area contributed by atoms with Gasteiger partial charge in [-0.15, -0.1) is 13.2 Å². The molecule has 1 spiro atoms. The van der Waals surface area contributed by atoms with Gasteiger partial charge in [0.05, 0.1) is 24.5 Å². The Morgan fingerprint density at radius 3 is 2.42 bits per heavy atom. The van der Waals surface area contributed by atoms with Crippen molar-refractivity contribution in [2.45, 2.75) is 62.7 Å². The normalized spacial score (nSPS) is 28.4. The highest BCUT2D eigenvalue weighted by Crippen LogP contribution is 2.64. The zero-order valence-corrected chi connectivity index (χ0v) is 24.0. The first kappa shape index (κ1) is 29.8. The van der Waals surface area contributed by atoms with Crippen LogP contribution in [0.4, 0.5) is 5.69 Å². The Morgan fingerprint density at radius 1 is 1.12 bits per heavy atom. The number of unbranched alkanes of at least 4 members (excludes halogenated alkanes) is 2. The van der Waals surface area contributed by atoms with Gasteiger partial charge in [0.2, 0.25) is 11.8 Å². The van der Waals surface area contributed by atoms with Crippen LogP contribution in [0, 0.1) is 11.8 Å². The highest BCUT2D eigenvalue weighted by atomic mass is 16.5. The van der Waals surface area contributed by atoms with Crippen molar-refractivity contribution >= 4 is 23.4 Å². The predicted molar refractivity (Wildman–Crippen MR) is 153 cm³/mol. The fourth-order valence-corrected chi connectivity index (χ4v) is 7.07. The number of rotatable bonds is 14. The standard InChI is InChI=1S/C31H43N3O6/c1-6-18-32(4)27(36)24-25-28(37)34(20-10-9-11-21-35)26(31(25)17-16-30(24,8-3)40-31)29(38)33(19-7-2)22-12-14-23(39-5)15-13-22/h6-7,12-15,24-26,35H,1-2,8-11,16-21H2,3-5H3/t24-,25+,26?,30+,31?/m1/s1. The number of likely N-dealkylation sites (N-methyl/N-ethyl adjacent to an activating group) is 1. The van der Waals surface area contributed by atoms with Crippen molar-refractivity contribution in [3.05, 3.63) is 49.6 Å². The number of hydrogen-bond acceptors (Lipinski definition) is 6. The third-order valence-electron chi connectivity index (χ3n) is 8.98. The van der Waals surface area contributed by atoms with Crippen LogP contribution < -0.4 is 9.64 Å². The second-order valence-corrected chi connectivity index (χ2v) is 11.1. The monoisotopic (exact) mass is 553 g/mol. The van der Waals surface area contributed by atoms with Gasteiger partial charge in [-0.2, -0.15) is 0 Å². The molecule has 4 rings (SSSR count). The topological polar surface area (TPSA) is 99.6 Å². The van der Waals surface area contributed by atoms with Crippen molar-refractivity contribution in [3.63, 3.8) is 0 Å². The Bertz CT molecular complexity index is 1120. The molecular weight excluding hydrogens is 510 g/mol. The van der Waals surface area contributed by atoms with Gasteiger partial charge in [-0.1, -0.05) is 19.1 Å². The van der Waals surface area contributed by atoms with Crippen molar-refractivity contribution in [3.8, 4) is 5.75 Å². The Hall–Kier alpha value is -3.17. The molecule has 3 saturated heterocycles. The van der Waals surface area contributed by atoms with E-state index in [2.05, 4.69) is 13.2 Å². The van der Waals surface area contributed by atoms with E-state index in [1.807, 2.05) is 19.1 Å². The van der Waals surface area contributed by atoms with Crippen LogP contribution in [0.2, 0.25) is 0 Å². The second kappa shape index (κ2) is 12.1. The Balaban J connectivity index is 1.78. The number of anilines is 1. The van der Waals surface area contributed by atoms with Gasteiger partial charge < -0.3 is 29.3 Å². The molecule has 1 aromatic rings. The average molecular weight is 554 g/mol. The largest absolute Gasteiger partial charge is 0.497 e. The molecule has 0 radical (unpaired) electrons. The number of carbonyl (C=O) groups is 3. The first-order chi connectivity index (χ1) is 19.2. The third-order valence-corrected chi connectivity index (χ3v) is 8.98. The van der Waals surface area contributed by atoms with Crippen molar-refractivity contribution in [1.82, 2.24) is 9.80 Å². The van der Waals surface area contributed by atoms with Crippen molar-refractivity contribution in [2.75, 3.05) is 45.3 Å². The zero-order chi connectivity index (χ0) is 29.1. The molecule has 2 bridgehead atoms. The van der Waals surface area contributed by atoms with E-state index in [4.69, 9.17) is 9.47 Å². The van der Waals surface area contributed by atoms with E-state index in [9.17, 15) is 19.5 Å². The van der Waals surface area contributed by atoms with Gasteiger partial charge in [0.15, 0.2) is 0 Å². The number of ether oxygens (including phenoxy) is 2. The van der Waals surface area contributed by atoms with Crippen LogP contribution in [-0.2, 0) is 19.1 Å². The number of aliphatic hydroxyl groups is 1. The summed E-state index contributed by atoms with van der Waals surface area (Å²) in [6, 6.07) is 6.33. The van der Waals surface area contributed by atoms with Gasteiger partial charge in [0.1, 0.15) is 17.4 Å². The van der Waals surface area contributed by atoms with E-state index in [-0.39, 0.29) is 30.9 Å². The predicted octanol–water partition coefficient (Wildman–Crippen LogP) is 3.18. The molecule has 0 saturated carbocycles. The molecule has 2 unspecified atom stereocenters. The van der Waals surface area contributed by atoms with Crippen LogP contribution in [-0.4, -0.2) is 90.3 Å². The molecule has 3 heterocycles. The fourth-order valence-electron chi connectivity index (χ4n) is 7.07. The summed E-state index contributed by atoms with van der Waals surface area (Å²) in [5.74, 6) is -1.33. The van der Waals surface area contributed by atoms with Crippen molar-refractivity contribution in [1.29, 1.82) is 0 Å². The number of carbonyl (C=O) groups excluding carboxylic acids is 3. The molecule has 9 heteroatoms. The first-order valence-corrected chi connectivity index (χ1v) is 14.3. The Morgan fingerprint density at radius 2 is 1.82 bits per heavy atom. The fraction of sp³-hybridized carbons (Fsp3) is 0.581. The maximum Gasteiger partial charge on any atom is 0.253 e. The third kappa shape index (κ3) is 4.83. The number of likely N-dealkylation sites (tertiary alicyclic amines) is 1. The number of methoxy groups -OCH3 is 1. The highest BCUT2D eigenvalue weighted by molar-refractivity contribution is 6.05. The van der Waals surface area contributed by atoms with Gasteiger partial charge in [-0.25, -0.2) is 0 Å². The lowest BCUT2D eigenvalue weighted by atomic mass is 9.64. The summed E-state index contributed by atoms with van der Waals surface area (Å²) in [5.41, 5.74) is -1.23. The SMILES string of the molecule is C=CCN(C)C(=O)[C@H]1[C@H]2C(=O)N(CCCCCO)C(C(=O)N(CC=C)c3ccc(OC)cc3)C23CC[C@]1(CC)O3. The van der Waals surface area contributed by atoms with Gasteiger partial charge in [0, 0.05) is 39.0 Å². The van der Waals surface area contributed by atoms with Crippen LogP contribution >= 0.6 is 0 Å². The van der Waals surface area contributed by atoms with Gasteiger partial charge in [-0.3, -0.25) is 14.4 Å². The molecule has 0 aliphatic carbocycles. The van der Waals surface area contributed by atoms with E-state index in [0.717, 1.165) is 6.42 Å². The van der Waals surface area contributed by atoms with Gasteiger partial charge in [-0.05, 0) is 62.8 Å². The molecule has 9 nitrogen and oxygen atoms in total. The quantitative estimate of drug-likeness (QED) is 0.281. The van der Waals surface area contributed by atoms with Crippen LogP contribution in [0.25, 0.3) is 0 Å². The maximum atomic E-state index is 14.6. The number of nitrogens with zero attached hydrogens (tertiary/aromatic N) is 3. The van der Waals surface area contributed by atoms with Gasteiger partial charge in [0.25, 0.3) is 5.91 Å². The van der Waals surface area contributed by atoms with Crippen LogP contribution in [0.5, 0.6) is 5.75 Å². The minimum Gasteiger partial charge on any atom is -0.497 e. The lowest BCUT2D eigenvalue weighted by Gasteiger charge is -2.37. The number of hydrogen-bond donors (Lipinski definition) is 1. The number of amides is 3. The maximum absolute atomic E-state index is 14.6. The molecule has 1 aromatic carbocycles. The van der Waals surface area contributed by atoms with E-state index in [1.165, 1.54) is 0 Å². The molecule has 3 amide bonds. The lowest BCUT2D eigenvalue weighted by molar-refractivity contribution is -0.150. The Kier molecular flexibility index (Phi) is 9.05. The number of benzene rings is 1. The van der Waals surface area contributed by atoms with E-state index in [1.54, 1.807) is 53.1 Å². The van der Waals surface area contributed by atoms with E-state index >= 15 is 0 Å². The average Bonchev–Trinajstić information content (AvgIpc) is 3.57. The van der Waals surface area contributed by atoms with Crippen molar-refractivity contribution < 1.29 is 29.0 Å². The van der Waals surface area contributed by atoms with E-state index in [0.29, 0.717) is 56.6 Å². The van der Waals surface area contributed by atoms with Gasteiger partial charge >= 0.3 is 0 Å². The van der Waals surface area contributed by atoms with Crippen LogP contribution in [0.3, 0.4) is 0 Å². The molecule has 3 aliphatic heterocycles. The molecule has 40 heavy (non-hydrogen) atoms. The number of fused-ring (bicyclic) bond motifs is 1. The summed E-state index contributed by atoms with van der Waals surface area (Å²) < 4.78 is 12.2. The van der Waals surface area contributed by atoms with E-state index < -0.39 is 29.1 Å². The molecule has 218 valence electrons. The molecule has 3 fully saturated rings. The number of aliphatic hydroxyl groups excluding tert-OH is 1. The molecule has 3 aliphatic rings. The smallest absolute Gasteiger partial charge is 0.253 e. The summed E-state index contributed by atoms with van der Waals surface area (Å²) in [5, 5.41) is 9.28. The molecule has 1 N–H and O–H groups in total. The summed E-state index contributed by atoms with van der Waals surface area (Å²) in [6.07, 6.45) is 7.01. The van der Waals surface area contributed by atoms with Crippen molar-refractivity contribution in [2.24, 2.45) is 11.8 Å². The summed E-state index contributed by atoms with van der Waals surface area (Å²) >= 11 is 0. The summed E-state index contributed by atoms with van der Waals surface area (Å²) in [6.45, 7) is 10.7. The summed E-state index contributed by atoms with van der Waals surface area (Å²) in [7, 11) is 3.30. The highest BCUT2D eigenvalue weighted by Gasteiger charge is 2.78. The molecular formula is C31H43N3O6.